The first kappa shape index (κ1) is 10.2. The highest BCUT2D eigenvalue weighted by molar-refractivity contribution is 5.34. The molecular formula is C14H19NO. The first-order chi connectivity index (χ1) is 7.81. The first-order valence-electron chi connectivity index (χ1n) is 6.28. The lowest BCUT2D eigenvalue weighted by atomic mass is 10.2. The van der Waals surface area contributed by atoms with Gasteiger partial charge < -0.3 is 4.74 Å². The zero-order chi connectivity index (χ0) is 11.0. The molecule has 3 rings (SSSR count). The molecule has 0 saturated heterocycles. The van der Waals surface area contributed by atoms with Gasteiger partial charge in [-0.25, -0.2) is 0 Å². The Morgan fingerprint density at radius 1 is 1.31 bits per heavy atom. The summed E-state index contributed by atoms with van der Waals surface area (Å²) < 4.78 is 5.95. The molecule has 1 fully saturated rings. The van der Waals surface area contributed by atoms with Crippen LogP contribution in [0.1, 0.15) is 25.3 Å². The van der Waals surface area contributed by atoms with E-state index in [9.17, 15) is 0 Å². The molecule has 0 aromatic heterocycles. The van der Waals surface area contributed by atoms with Crippen molar-refractivity contribution in [3.05, 3.63) is 29.8 Å². The van der Waals surface area contributed by atoms with Gasteiger partial charge in [0, 0.05) is 25.2 Å². The van der Waals surface area contributed by atoms with Gasteiger partial charge in [-0.1, -0.05) is 18.2 Å². The Morgan fingerprint density at radius 2 is 2.12 bits per heavy atom. The first-order valence-corrected chi connectivity index (χ1v) is 6.28. The van der Waals surface area contributed by atoms with E-state index < -0.39 is 0 Å². The third-order valence-corrected chi connectivity index (χ3v) is 3.42. The molecule has 16 heavy (non-hydrogen) atoms. The van der Waals surface area contributed by atoms with Gasteiger partial charge in [-0.3, -0.25) is 4.90 Å². The quantitative estimate of drug-likeness (QED) is 0.755. The number of nitrogens with zero attached hydrogens (tertiary/aromatic N) is 1. The molecule has 0 amide bonds. The van der Waals surface area contributed by atoms with Crippen LogP contribution in [-0.4, -0.2) is 24.1 Å². The Bertz CT molecular complexity index is 373. The summed E-state index contributed by atoms with van der Waals surface area (Å²) in [5.74, 6) is 2.03. The number of rotatable bonds is 2. The average Bonchev–Trinajstić information content (AvgIpc) is 3.04. The van der Waals surface area contributed by atoms with Crippen molar-refractivity contribution in [2.24, 2.45) is 5.92 Å². The topological polar surface area (TPSA) is 12.5 Å². The second kappa shape index (κ2) is 4.10. The molecule has 1 atom stereocenters. The lowest BCUT2D eigenvalue weighted by Crippen LogP contribution is -2.32. The largest absolute Gasteiger partial charge is 0.489 e. The van der Waals surface area contributed by atoms with Gasteiger partial charge in [-0.15, -0.1) is 0 Å². The smallest absolute Gasteiger partial charge is 0.124 e. The molecule has 1 unspecified atom stereocenters. The average molecular weight is 217 g/mol. The van der Waals surface area contributed by atoms with Gasteiger partial charge in [-0.05, 0) is 31.7 Å². The number of ether oxygens (including phenoxy) is 1. The van der Waals surface area contributed by atoms with E-state index in [1.807, 2.05) is 0 Å². The number of fused-ring (bicyclic) bond motifs is 1. The van der Waals surface area contributed by atoms with Crippen molar-refractivity contribution in [2.45, 2.75) is 32.4 Å². The highest BCUT2D eigenvalue weighted by atomic mass is 16.5. The molecule has 2 nitrogen and oxygen atoms in total. The fraction of sp³-hybridized carbons (Fsp3) is 0.571. The Labute approximate surface area is 97.2 Å². The summed E-state index contributed by atoms with van der Waals surface area (Å²) in [5.41, 5.74) is 1.34. The van der Waals surface area contributed by atoms with Crippen LogP contribution in [0.25, 0.3) is 0 Å². The second-order valence-corrected chi connectivity index (χ2v) is 5.17. The van der Waals surface area contributed by atoms with Crippen LogP contribution in [0.5, 0.6) is 5.75 Å². The van der Waals surface area contributed by atoms with Crippen LogP contribution in [0.2, 0.25) is 0 Å². The number of benzene rings is 1. The van der Waals surface area contributed by atoms with Gasteiger partial charge >= 0.3 is 0 Å². The summed E-state index contributed by atoms with van der Waals surface area (Å²) >= 11 is 0. The number of hydrogen-bond acceptors (Lipinski definition) is 2. The van der Waals surface area contributed by atoms with Crippen LogP contribution in [0.3, 0.4) is 0 Å². The zero-order valence-electron chi connectivity index (χ0n) is 9.86. The van der Waals surface area contributed by atoms with Gasteiger partial charge in [0.05, 0.1) is 0 Å². The third-order valence-electron chi connectivity index (χ3n) is 3.42. The van der Waals surface area contributed by atoms with Crippen molar-refractivity contribution < 1.29 is 4.74 Å². The summed E-state index contributed by atoms with van der Waals surface area (Å²) in [4.78, 5) is 2.55. The number of para-hydroxylation sites is 1. The molecule has 1 aromatic carbocycles. The molecule has 0 radical (unpaired) electrons. The molecule has 0 spiro atoms. The van der Waals surface area contributed by atoms with E-state index in [-0.39, 0.29) is 0 Å². The van der Waals surface area contributed by atoms with Crippen molar-refractivity contribution in [1.82, 2.24) is 4.90 Å². The molecule has 1 aromatic rings. The Morgan fingerprint density at radius 3 is 2.94 bits per heavy atom. The molecule has 1 saturated carbocycles. The lowest BCUT2D eigenvalue weighted by molar-refractivity contribution is 0.157. The predicted octanol–water partition coefficient (Wildman–Crippen LogP) is 2.68. The lowest BCUT2D eigenvalue weighted by Gasteiger charge is -2.21. The highest BCUT2D eigenvalue weighted by Gasteiger charge is 2.27. The SMILES string of the molecule is CC1CN(CC2CC2)Cc2ccccc2O1. The van der Waals surface area contributed by atoms with E-state index in [4.69, 9.17) is 4.74 Å². The summed E-state index contributed by atoms with van der Waals surface area (Å²) in [5, 5.41) is 0. The predicted molar refractivity (Wildman–Crippen MR) is 64.5 cm³/mol. The van der Waals surface area contributed by atoms with E-state index in [0.29, 0.717) is 6.10 Å². The van der Waals surface area contributed by atoms with Crippen LogP contribution in [-0.2, 0) is 6.54 Å². The van der Waals surface area contributed by atoms with E-state index in [0.717, 1.165) is 24.8 Å². The molecule has 1 aliphatic carbocycles. The maximum atomic E-state index is 5.95. The minimum absolute atomic E-state index is 0.308. The Hall–Kier alpha value is -1.02. The van der Waals surface area contributed by atoms with Crippen LogP contribution >= 0.6 is 0 Å². The maximum absolute atomic E-state index is 5.95. The van der Waals surface area contributed by atoms with Crippen molar-refractivity contribution in [3.63, 3.8) is 0 Å². The zero-order valence-corrected chi connectivity index (χ0v) is 9.86. The summed E-state index contributed by atoms with van der Waals surface area (Å²) in [6.07, 6.45) is 3.16. The van der Waals surface area contributed by atoms with Crippen LogP contribution in [0, 0.1) is 5.92 Å². The monoisotopic (exact) mass is 217 g/mol. The van der Waals surface area contributed by atoms with Crippen LogP contribution < -0.4 is 4.74 Å². The standard InChI is InChI=1S/C14H19NO/c1-11-8-15(9-12-6-7-12)10-13-4-2-3-5-14(13)16-11/h2-5,11-12H,6-10H2,1H3. The van der Waals surface area contributed by atoms with Crippen LogP contribution in [0.15, 0.2) is 24.3 Å². The van der Waals surface area contributed by atoms with Crippen LogP contribution in [0.4, 0.5) is 0 Å². The molecule has 0 bridgehead atoms. The van der Waals surface area contributed by atoms with Crippen molar-refractivity contribution in [2.75, 3.05) is 13.1 Å². The summed E-state index contributed by atoms with van der Waals surface area (Å²) in [6, 6.07) is 8.44. The normalized spacial score (nSPS) is 25.7. The molecular weight excluding hydrogens is 198 g/mol. The minimum Gasteiger partial charge on any atom is -0.489 e. The van der Waals surface area contributed by atoms with E-state index in [1.54, 1.807) is 0 Å². The molecule has 0 N–H and O–H groups in total. The summed E-state index contributed by atoms with van der Waals surface area (Å²) in [6.45, 7) is 5.53. The summed E-state index contributed by atoms with van der Waals surface area (Å²) in [7, 11) is 0. The molecule has 2 heteroatoms. The number of hydrogen-bond donors (Lipinski definition) is 0. The molecule has 86 valence electrons. The Kier molecular flexibility index (Phi) is 2.60. The molecule has 1 aliphatic heterocycles. The van der Waals surface area contributed by atoms with E-state index >= 15 is 0 Å². The fourth-order valence-corrected chi connectivity index (χ4v) is 2.48. The molecule has 2 aliphatic rings. The Balaban J connectivity index is 1.79. The van der Waals surface area contributed by atoms with Gasteiger partial charge in [-0.2, -0.15) is 0 Å². The highest BCUT2D eigenvalue weighted by Crippen LogP contribution is 2.32. The van der Waals surface area contributed by atoms with E-state index in [2.05, 4.69) is 36.1 Å². The van der Waals surface area contributed by atoms with Crippen molar-refractivity contribution in [1.29, 1.82) is 0 Å². The van der Waals surface area contributed by atoms with Crippen molar-refractivity contribution in [3.8, 4) is 5.75 Å². The fourth-order valence-electron chi connectivity index (χ4n) is 2.48. The minimum atomic E-state index is 0.308. The van der Waals surface area contributed by atoms with Gasteiger partial charge in [0.1, 0.15) is 11.9 Å². The van der Waals surface area contributed by atoms with Gasteiger partial charge in [0.25, 0.3) is 0 Å². The van der Waals surface area contributed by atoms with Gasteiger partial charge in [0.15, 0.2) is 0 Å². The van der Waals surface area contributed by atoms with Gasteiger partial charge in [0.2, 0.25) is 0 Å². The second-order valence-electron chi connectivity index (χ2n) is 5.17. The van der Waals surface area contributed by atoms with E-state index in [1.165, 1.54) is 24.9 Å². The maximum Gasteiger partial charge on any atom is 0.124 e. The third kappa shape index (κ3) is 2.22. The molecule has 1 heterocycles. The van der Waals surface area contributed by atoms with Crippen molar-refractivity contribution >= 4 is 0 Å².